The van der Waals surface area contributed by atoms with Crippen molar-refractivity contribution < 1.29 is 20.4 Å². The van der Waals surface area contributed by atoms with Crippen LogP contribution in [-0.4, -0.2) is 60.9 Å². The maximum atomic E-state index is 10.7. The summed E-state index contributed by atoms with van der Waals surface area (Å²) in [6, 6.07) is 9.80. The molecule has 0 radical (unpaired) electrons. The number of rotatable bonds is 10. The highest BCUT2D eigenvalue weighted by Crippen LogP contribution is 2.44. The average Bonchev–Trinajstić information content (AvgIpc) is 2.54. The third-order valence-electron chi connectivity index (χ3n) is 3.43. The Labute approximate surface area is 141 Å². The normalized spacial score (nSPS) is 16.3. The summed E-state index contributed by atoms with van der Waals surface area (Å²) in [5, 5.41) is 39.6. The second kappa shape index (κ2) is 9.80. The Bertz CT molecular complexity index is 410. The Balaban J connectivity index is 3.08. The Hall–Kier alpha value is -0.240. The van der Waals surface area contributed by atoms with E-state index in [-0.39, 0.29) is 0 Å². The van der Waals surface area contributed by atoms with E-state index in [1.165, 1.54) is 0 Å². The molecule has 3 atom stereocenters. The highest BCUT2D eigenvalue weighted by atomic mass is 32.2. The van der Waals surface area contributed by atoms with E-state index in [1.807, 2.05) is 44.2 Å². The zero-order valence-electron chi connectivity index (χ0n) is 13.1. The molecule has 0 aliphatic carbocycles. The molecule has 0 unspecified atom stereocenters. The van der Waals surface area contributed by atoms with Gasteiger partial charge in [-0.2, -0.15) is 0 Å². The van der Waals surface area contributed by atoms with Gasteiger partial charge in [0.05, 0.1) is 10.7 Å². The zero-order valence-corrected chi connectivity index (χ0v) is 14.7. The van der Waals surface area contributed by atoms with Gasteiger partial charge < -0.3 is 20.4 Å². The number of hydrogen-bond donors (Lipinski definition) is 4. The van der Waals surface area contributed by atoms with Gasteiger partial charge in [-0.05, 0) is 23.5 Å². The van der Waals surface area contributed by atoms with Gasteiger partial charge in [-0.3, -0.25) is 0 Å². The van der Waals surface area contributed by atoms with E-state index in [4.69, 9.17) is 5.11 Å². The van der Waals surface area contributed by atoms with Crippen LogP contribution in [0.3, 0.4) is 0 Å². The second-order valence-electron chi connectivity index (χ2n) is 5.03. The van der Waals surface area contributed by atoms with Crippen molar-refractivity contribution in [1.29, 1.82) is 0 Å². The molecule has 0 amide bonds. The van der Waals surface area contributed by atoms with Crippen LogP contribution in [0.15, 0.2) is 30.3 Å². The van der Waals surface area contributed by atoms with Crippen molar-refractivity contribution >= 4 is 23.5 Å². The summed E-state index contributed by atoms with van der Waals surface area (Å²) in [4.78, 5) is 0. The minimum Gasteiger partial charge on any atom is -0.394 e. The Morgan fingerprint density at radius 3 is 2.00 bits per heavy atom. The van der Waals surface area contributed by atoms with Gasteiger partial charge in [-0.25, -0.2) is 0 Å². The lowest BCUT2D eigenvalue weighted by Gasteiger charge is -2.40. The molecule has 0 bridgehead atoms. The maximum absolute atomic E-state index is 10.7. The van der Waals surface area contributed by atoms with Crippen LogP contribution in [0, 0.1) is 0 Å². The van der Waals surface area contributed by atoms with Crippen LogP contribution >= 0.6 is 23.5 Å². The molecule has 22 heavy (non-hydrogen) atoms. The summed E-state index contributed by atoms with van der Waals surface area (Å²) in [5.74, 6) is 1.55. The van der Waals surface area contributed by atoms with Crippen molar-refractivity contribution in [3.8, 4) is 0 Å². The quantitative estimate of drug-likeness (QED) is 0.481. The highest BCUT2D eigenvalue weighted by Gasteiger charge is 2.44. The van der Waals surface area contributed by atoms with Crippen molar-refractivity contribution in [2.24, 2.45) is 0 Å². The van der Waals surface area contributed by atoms with Crippen molar-refractivity contribution in [2.75, 3.05) is 18.1 Å². The summed E-state index contributed by atoms with van der Waals surface area (Å²) in [7, 11) is 0. The molecule has 4 N–H and O–H groups in total. The van der Waals surface area contributed by atoms with Crippen molar-refractivity contribution in [1.82, 2.24) is 0 Å². The van der Waals surface area contributed by atoms with Crippen LogP contribution in [0.5, 0.6) is 0 Å². The molecule has 4 nitrogen and oxygen atoms in total. The number of aliphatic hydroxyl groups is 4. The van der Waals surface area contributed by atoms with Gasteiger partial charge >= 0.3 is 0 Å². The van der Waals surface area contributed by atoms with E-state index in [9.17, 15) is 15.3 Å². The van der Waals surface area contributed by atoms with E-state index >= 15 is 0 Å². The fourth-order valence-corrected chi connectivity index (χ4v) is 5.54. The Morgan fingerprint density at radius 1 is 1.00 bits per heavy atom. The third kappa shape index (κ3) is 5.15. The molecule has 1 rings (SSSR count). The smallest absolute Gasteiger partial charge is 0.110 e. The standard InChI is InChI=1S/C16H26O4S2/c1-3-21-16(22-4-2,10-12-8-6-5-7-9-12)15(20)14(19)13(18)11-17/h5-9,13-15,17-20H,3-4,10-11H2,1-2H3/t13-,14-,15-/m1/s1. The molecule has 0 aliphatic rings. The molecular formula is C16H26O4S2. The first-order chi connectivity index (χ1) is 10.5. The van der Waals surface area contributed by atoms with Crippen LogP contribution in [0.1, 0.15) is 19.4 Å². The zero-order chi connectivity index (χ0) is 16.6. The van der Waals surface area contributed by atoms with Gasteiger partial charge in [0, 0.05) is 0 Å². The van der Waals surface area contributed by atoms with Gasteiger partial charge in [0.15, 0.2) is 0 Å². The molecule has 0 saturated heterocycles. The van der Waals surface area contributed by atoms with E-state index in [0.29, 0.717) is 6.42 Å². The first-order valence-electron chi connectivity index (χ1n) is 7.47. The second-order valence-corrected chi connectivity index (χ2v) is 8.47. The monoisotopic (exact) mass is 346 g/mol. The third-order valence-corrected chi connectivity index (χ3v) is 6.46. The van der Waals surface area contributed by atoms with E-state index in [2.05, 4.69) is 0 Å². The van der Waals surface area contributed by atoms with Crippen molar-refractivity contribution in [3.63, 3.8) is 0 Å². The van der Waals surface area contributed by atoms with Gasteiger partial charge in [0.25, 0.3) is 0 Å². The first kappa shape index (κ1) is 19.8. The highest BCUT2D eigenvalue weighted by molar-refractivity contribution is 8.18. The molecule has 0 heterocycles. The van der Waals surface area contributed by atoms with Gasteiger partial charge in [-0.1, -0.05) is 44.2 Å². The lowest BCUT2D eigenvalue weighted by molar-refractivity contribution is -0.0791. The number of benzene rings is 1. The Morgan fingerprint density at radius 2 is 1.55 bits per heavy atom. The van der Waals surface area contributed by atoms with E-state index in [1.54, 1.807) is 23.5 Å². The predicted molar refractivity (Wildman–Crippen MR) is 94.2 cm³/mol. The lowest BCUT2D eigenvalue weighted by atomic mass is 9.99. The van der Waals surface area contributed by atoms with Crippen LogP contribution in [-0.2, 0) is 6.42 Å². The largest absolute Gasteiger partial charge is 0.394 e. The molecule has 1 aromatic carbocycles. The molecular weight excluding hydrogens is 320 g/mol. The minimum atomic E-state index is -1.38. The summed E-state index contributed by atoms with van der Waals surface area (Å²) in [5.41, 5.74) is 1.06. The summed E-state index contributed by atoms with van der Waals surface area (Å²) < 4.78 is -0.666. The molecule has 0 aliphatic heterocycles. The van der Waals surface area contributed by atoms with E-state index < -0.39 is 29.0 Å². The predicted octanol–water partition coefficient (Wildman–Crippen LogP) is 1.51. The first-order valence-corrected chi connectivity index (χ1v) is 9.44. The molecule has 126 valence electrons. The maximum Gasteiger partial charge on any atom is 0.110 e. The van der Waals surface area contributed by atoms with Gasteiger partial charge in [0.2, 0.25) is 0 Å². The topological polar surface area (TPSA) is 80.9 Å². The van der Waals surface area contributed by atoms with Crippen LogP contribution < -0.4 is 0 Å². The fourth-order valence-electron chi connectivity index (χ4n) is 2.37. The molecule has 0 spiro atoms. The molecule has 0 saturated carbocycles. The number of hydrogen-bond acceptors (Lipinski definition) is 6. The molecule has 0 aromatic heterocycles. The van der Waals surface area contributed by atoms with Crippen molar-refractivity contribution in [3.05, 3.63) is 35.9 Å². The minimum absolute atomic E-state index is 0.571. The van der Waals surface area contributed by atoms with Crippen LogP contribution in [0.4, 0.5) is 0 Å². The van der Waals surface area contributed by atoms with Crippen molar-refractivity contribution in [2.45, 2.75) is 42.7 Å². The molecule has 0 fully saturated rings. The summed E-state index contributed by atoms with van der Waals surface area (Å²) >= 11 is 3.14. The number of thioether (sulfide) groups is 2. The van der Waals surface area contributed by atoms with Crippen LogP contribution in [0.2, 0.25) is 0 Å². The Kier molecular flexibility index (Phi) is 8.82. The average molecular weight is 347 g/mol. The summed E-state index contributed by atoms with van der Waals surface area (Å²) in [6.45, 7) is 3.43. The van der Waals surface area contributed by atoms with Gasteiger partial charge in [0.1, 0.15) is 18.3 Å². The fraction of sp³-hybridized carbons (Fsp3) is 0.625. The van der Waals surface area contributed by atoms with E-state index in [0.717, 1.165) is 17.1 Å². The molecule has 1 aromatic rings. The van der Waals surface area contributed by atoms with Crippen LogP contribution in [0.25, 0.3) is 0 Å². The summed E-state index contributed by atoms with van der Waals surface area (Å²) in [6.07, 6.45) is -3.31. The molecule has 6 heteroatoms. The lowest BCUT2D eigenvalue weighted by Crippen LogP contribution is -2.51. The SMILES string of the molecule is CCSC(Cc1ccccc1)(SCC)[C@H](O)[C@H](O)[C@H](O)CO. The number of aliphatic hydroxyl groups excluding tert-OH is 4. The van der Waals surface area contributed by atoms with Gasteiger partial charge in [-0.15, -0.1) is 23.5 Å².